The minimum absolute atomic E-state index is 0. The van der Waals surface area contributed by atoms with Gasteiger partial charge in [0.05, 0.1) is 12.7 Å². The minimum Gasteiger partial charge on any atom is -1.00 e. The van der Waals surface area contributed by atoms with E-state index in [0.717, 1.165) is 0 Å². The zero-order chi connectivity index (χ0) is 6.97. The summed E-state index contributed by atoms with van der Waals surface area (Å²) in [7, 11) is 0. The summed E-state index contributed by atoms with van der Waals surface area (Å²) in [5.41, 5.74) is 0.675. The van der Waals surface area contributed by atoms with Crippen molar-refractivity contribution >= 4 is 11.2 Å². The molecule has 2 aromatic heterocycles. The number of nitrogens with one attached hydrogen (secondary N) is 2. The molecule has 5 nitrogen and oxygen atoms in total. The van der Waals surface area contributed by atoms with Gasteiger partial charge in [-0.2, -0.15) is 0 Å². The maximum atomic E-state index is 10.9. The van der Waals surface area contributed by atoms with E-state index < -0.39 is 0 Å². The molecule has 0 aliphatic rings. The van der Waals surface area contributed by atoms with Crippen LogP contribution in [-0.2, 0) is 0 Å². The van der Waals surface area contributed by atoms with Gasteiger partial charge >= 0.3 is 29.6 Å². The van der Waals surface area contributed by atoms with E-state index in [0.29, 0.717) is 11.2 Å². The maximum Gasteiger partial charge on any atom is 1.00 e. The molecule has 0 aliphatic heterocycles. The predicted molar refractivity (Wildman–Crippen MR) is 35.6 cm³/mol. The monoisotopic (exact) mass is 160 g/mol. The summed E-state index contributed by atoms with van der Waals surface area (Å²) in [6, 6.07) is 0. The molecule has 2 aromatic rings. The Morgan fingerprint density at radius 2 is 1.91 bits per heavy atom. The number of hydrogen-bond donors (Lipinski definition) is 2. The standard InChI is InChI=1S/C5H4N4O.Na.H/c10-5-3-4(7-1-6-3)8-2-9-5;;/h1-2H,(H2,6,7,8,9,10);;/q;+1;-1. The van der Waals surface area contributed by atoms with Gasteiger partial charge in [0.15, 0.2) is 11.2 Å². The molecule has 2 rings (SSSR count). The van der Waals surface area contributed by atoms with Crippen molar-refractivity contribution in [2.24, 2.45) is 0 Å². The van der Waals surface area contributed by atoms with Crippen LogP contribution in [0, 0.1) is 0 Å². The van der Waals surface area contributed by atoms with E-state index in [1.807, 2.05) is 0 Å². The molecule has 0 aromatic carbocycles. The molecular formula is C5H5N4NaO. The van der Waals surface area contributed by atoms with Crippen LogP contribution in [0.1, 0.15) is 1.43 Å². The van der Waals surface area contributed by atoms with E-state index >= 15 is 0 Å². The number of aromatic amines is 2. The second kappa shape index (κ2) is 3.17. The molecule has 0 fully saturated rings. The van der Waals surface area contributed by atoms with Gasteiger partial charge in [-0.3, -0.25) is 4.79 Å². The topological polar surface area (TPSA) is 74.4 Å². The van der Waals surface area contributed by atoms with Crippen molar-refractivity contribution in [3.05, 3.63) is 23.0 Å². The third kappa shape index (κ3) is 1.35. The molecule has 2 N–H and O–H groups in total. The van der Waals surface area contributed by atoms with Crippen LogP contribution in [0.3, 0.4) is 0 Å². The van der Waals surface area contributed by atoms with E-state index in [2.05, 4.69) is 19.9 Å². The fraction of sp³-hybridized carbons (Fsp3) is 0. The van der Waals surface area contributed by atoms with Crippen molar-refractivity contribution in [1.82, 2.24) is 19.9 Å². The second-order valence-corrected chi connectivity index (χ2v) is 1.83. The Morgan fingerprint density at radius 1 is 1.27 bits per heavy atom. The van der Waals surface area contributed by atoms with Gasteiger partial charge in [-0.1, -0.05) is 0 Å². The predicted octanol–water partition coefficient (Wildman–Crippen LogP) is -3.24. The average Bonchev–Trinajstić information content (AvgIpc) is 2.36. The van der Waals surface area contributed by atoms with Gasteiger partial charge in [-0.05, 0) is 0 Å². The fourth-order valence-corrected chi connectivity index (χ4v) is 0.776. The quantitative estimate of drug-likeness (QED) is 0.398. The van der Waals surface area contributed by atoms with Gasteiger partial charge in [0.25, 0.3) is 5.56 Å². The Labute approximate surface area is 85.0 Å². The van der Waals surface area contributed by atoms with Crippen LogP contribution in [0.5, 0.6) is 0 Å². The third-order valence-electron chi connectivity index (χ3n) is 1.23. The van der Waals surface area contributed by atoms with Gasteiger partial charge in [0.1, 0.15) is 0 Å². The van der Waals surface area contributed by atoms with Gasteiger partial charge in [-0.15, -0.1) is 0 Å². The molecule has 52 valence electrons. The number of hydrogen-bond acceptors (Lipinski definition) is 3. The number of H-pyrrole nitrogens is 2. The Bertz CT molecular complexity index is 411. The number of nitrogens with zero attached hydrogens (tertiary/aromatic N) is 2. The molecular weight excluding hydrogens is 155 g/mol. The summed E-state index contributed by atoms with van der Waals surface area (Å²) in [5.74, 6) is 0. The summed E-state index contributed by atoms with van der Waals surface area (Å²) < 4.78 is 0. The van der Waals surface area contributed by atoms with Crippen LogP contribution in [0.25, 0.3) is 11.2 Å². The van der Waals surface area contributed by atoms with Crippen LogP contribution in [-0.4, -0.2) is 19.9 Å². The number of aromatic nitrogens is 4. The summed E-state index contributed by atoms with van der Waals surface area (Å²) in [6.07, 6.45) is 2.76. The first-order chi connectivity index (χ1) is 4.88. The van der Waals surface area contributed by atoms with Crippen LogP contribution in [0.15, 0.2) is 17.4 Å². The van der Waals surface area contributed by atoms with Crippen molar-refractivity contribution in [2.45, 2.75) is 0 Å². The first-order valence-electron chi connectivity index (χ1n) is 2.75. The smallest absolute Gasteiger partial charge is 1.00 e. The molecule has 0 amide bonds. The summed E-state index contributed by atoms with van der Waals surface area (Å²) >= 11 is 0. The first-order valence-corrected chi connectivity index (χ1v) is 2.75. The molecule has 0 unspecified atom stereocenters. The second-order valence-electron chi connectivity index (χ2n) is 1.83. The SMILES string of the molecule is O=c1[nH]cnc2nc[nH]c12.[H-].[Na+]. The van der Waals surface area contributed by atoms with E-state index in [-0.39, 0.29) is 36.5 Å². The van der Waals surface area contributed by atoms with Crippen LogP contribution >= 0.6 is 0 Å². The average molecular weight is 160 g/mol. The first kappa shape index (κ1) is 8.45. The largest absolute Gasteiger partial charge is 1.00 e. The van der Waals surface area contributed by atoms with Gasteiger partial charge in [0.2, 0.25) is 0 Å². The maximum absolute atomic E-state index is 10.9. The van der Waals surface area contributed by atoms with Gasteiger partial charge < -0.3 is 11.4 Å². The summed E-state index contributed by atoms with van der Waals surface area (Å²) in [4.78, 5) is 23.6. The number of fused-ring (bicyclic) bond motifs is 1. The molecule has 0 bridgehead atoms. The molecule has 0 spiro atoms. The van der Waals surface area contributed by atoms with Gasteiger partial charge in [0, 0.05) is 0 Å². The van der Waals surface area contributed by atoms with Crippen molar-refractivity contribution in [1.29, 1.82) is 0 Å². The van der Waals surface area contributed by atoms with E-state index in [4.69, 9.17) is 0 Å². The number of rotatable bonds is 0. The molecule has 0 radical (unpaired) electrons. The fourth-order valence-electron chi connectivity index (χ4n) is 0.776. The zero-order valence-electron chi connectivity index (χ0n) is 6.96. The normalized spacial score (nSPS) is 9.45. The van der Waals surface area contributed by atoms with Crippen molar-refractivity contribution in [3.63, 3.8) is 0 Å². The molecule has 0 aliphatic carbocycles. The molecule has 2 heterocycles. The third-order valence-corrected chi connectivity index (χ3v) is 1.23. The van der Waals surface area contributed by atoms with Crippen LogP contribution < -0.4 is 35.1 Å². The van der Waals surface area contributed by atoms with Crippen LogP contribution in [0.2, 0.25) is 0 Å². The van der Waals surface area contributed by atoms with Crippen molar-refractivity contribution in [2.75, 3.05) is 0 Å². The Hall–Kier alpha value is -0.650. The van der Waals surface area contributed by atoms with E-state index in [1.54, 1.807) is 0 Å². The summed E-state index contributed by atoms with van der Waals surface area (Å²) in [5, 5.41) is 0. The van der Waals surface area contributed by atoms with Crippen molar-refractivity contribution in [3.8, 4) is 0 Å². The Balaban J connectivity index is 0.000000605. The van der Waals surface area contributed by atoms with Gasteiger partial charge in [-0.25, -0.2) is 9.97 Å². The minimum atomic E-state index is -0.192. The molecule has 0 saturated carbocycles. The number of imidazole rings is 1. The van der Waals surface area contributed by atoms with E-state index in [1.165, 1.54) is 12.7 Å². The van der Waals surface area contributed by atoms with Crippen LogP contribution in [0.4, 0.5) is 0 Å². The Kier molecular flexibility index (Phi) is 2.43. The molecule has 0 saturated heterocycles. The van der Waals surface area contributed by atoms with Crippen molar-refractivity contribution < 1.29 is 31.0 Å². The molecule has 11 heavy (non-hydrogen) atoms. The Morgan fingerprint density at radius 3 is 2.55 bits per heavy atom. The molecule has 6 heteroatoms. The van der Waals surface area contributed by atoms with E-state index in [9.17, 15) is 4.79 Å². The summed E-state index contributed by atoms with van der Waals surface area (Å²) in [6.45, 7) is 0. The molecule has 0 atom stereocenters. The zero-order valence-corrected chi connectivity index (χ0v) is 7.96.